The van der Waals surface area contributed by atoms with Crippen LogP contribution in [0.25, 0.3) is 10.8 Å². The van der Waals surface area contributed by atoms with E-state index in [1.54, 1.807) is 42.5 Å². The van der Waals surface area contributed by atoms with E-state index in [0.717, 1.165) is 16.3 Å². The lowest BCUT2D eigenvalue weighted by Gasteiger charge is -2.11. The van der Waals surface area contributed by atoms with E-state index in [2.05, 4.69) is 15.2 Å². The van der Waals surface area contributed by atoms with Crippen molar-refractivity contribution in [3.8, 4) is 5.75 Å². The van der Waals surface area contributed by atoms with Gasteiger partial charge in [-0.1, -0.05) is 66.2 Å². The van der Waals surface area contributed by atoms with Gasteiger partial charge in [0, 0.05) is 16.8 Å². The Labute approximate surface area is 237 Å². The number of aryl methyl sites for hydroxylation is 1. The number of hydrazone groups is 1. The van der Waals surface area contributed by atoms with E-state index < -0.39 is 21.9 Å². The fourth-order valence-electron chi connectivity index (χ4n) is 4.07. The van der Waals surface area contributed by atoms with Crippen molar-refractivity contribution in [3.63, 3.8) is 0 Å². The number of hydrogen-bond donors (Lipinski definition) is 2. The second-order valence-corrected chi connectivity index (χ2v) is 10.8. The molecule has 5 aromatic carbocycles. The number of fused-ring (bicyclic) bond motifs is 1. The Morgan fingerprint density at radius 1 is 0.756 bits per heavy atom. The van der Waals surface area contributed by atoms with Crippen LogP contribution in [0.3, 0.4) is 0 Å². The van der Waals surface area contributed by atoms with Crippen molar-refractivity contribution in [2.45, 2.75) is 11.8 Å². The first-order valence-electron chi connectivity index (χ1n) is 12.6. The molecule has 9 heteroatoms. The minimum Gasteiger partial charge on any atom is -0.422 e. The first-order valence-corrected chi connectivity index (χ1v) is 14.1. The minimum atomic E-state index is -3.77. The standard InChI is InChI=1S/C32H25N3O5S/c1-22-11-18-27(19-12-22)41(38,39)35-26-16-13-24(14-17-26)31(36)34-33-21-29-28-10-6-5-7-23(28)15-20-30(29)40-32(37)25-8-3-2-4-9-25/h2-21,35H,1H3,(H,34,36)/b33-21+. The smallest absolute Gasteiger partial charge is 0.343 e. The van der Waals surface area contributed by atoms with E-state index in [9.17, 15) is 18.0 Å². The van der Waals surface area contributed by atoms with E-state index in [0.29, 0.717) is 22.6 Å². The van der Waals surface area contributed by atoms with E-state index in [-0.39, 0.29) is 10.5 Å². The normalized spacial score (nSPS) is 11.3. The molecule has 0 radical (unpaired) electrons. The van der Waals surface area contributed by atoms with Crippen LogP contribution < -0.4 is 14.9 Å². The number of anilines is 1. The number of nitrogens with zero attached hydrogens (tertiary/aromatic N) is 1. The Morgan fingerprint density at radius 3 is 2.17 bits per heavy atom. The van der Waals surface area contributed by atoms with Crippen LogP contribution in [0.1, 0.15) is 31.8 Å². The lowest BCUT2D eigenvalue weighted by Crippen LogP contribution is -2.18. The van der Waals surface area contributed by atoms with Crippen molar-refractivity contribution < 1.29 is 22.7 Å². The maximum atomic E-state index is 12.7. The molecule has 0 spiro atoms. The number of nitrogens with one attached hydrogen (secondary N) is 2. The van der Waals surface area contributed by atoms with Crippen LogP contribution >= 0.6 is 0 Å². The molecule has 0 saturated heterocycles. The molecule has 204 valence electrons. The quantitative estimate of drug-likeness (QED) is 0.105. The van der Waals surface area contributed by atoms with E-state index in [1.807, 2.05) is 43.3 Å². The fraction of sp³-hybridized carbons (Fsp3) is 0.0312. The first-order chi connectivity index (χ1) is 19.8. The Balaban J connectivity index is 1.31. The Kier molecular flexibility index (Phi) is 7.89. The third kappa shape index (κ3) is 6.48. The molecule has 0 aliphatic carbocycles. The summed E-state index contributed by atoms with van der Waals surface area (Å²) >= 11 is 0. The molecule has 0 unspecified atom stereocenters. The maximum absolute atomic E-state index is 12.7. The number of rotatable bonds is 8. The van der Waals surface area contributed by atoms with Crippen LogP contribution in [0.2, 0.25) is 0 Å². The summed E-state index contributed by atoms with van der Waals surface area (Å²) in [6, 6.07) is 32.2. The number of carbonyl (C=O) groups is 2. The highest BCUT2D eigenvalue weighted by molar-refractivity contribution is 7.92. The summed E-state index contributed by atoms with van der Waals surface area (Å²) in [5.41, 5.74) is 4.93. The first kappa shape index (κ1) is 27.3. The van der Waals surface area contributed by atoms with Gasteiger partial charge in [-0.2, -0.15) is 5.10 Å². The van der Waals surface area contributed by atoms with Crippen molar-refractivity contribution in [2.75, 3.05) is 4.72 Å². The molecule has 8 nitrogen and oxygen atoms in total. The van der Waals surface area contributed by atoms with Crippen molar-refractivity contribution in [1.29, 1.82) is 0 Å². The molecule has 1 amide bonds. The van der Waals surface area contributed by atoms with Gasteiger partial charge in [-0.3, -0.25) is 9.52 Å². The Hall–Kier alpha value is -5.28. The zero-order valence-corrected chi connectivity index (χ0v) is 22.8. The second kappa shape index (κ2) is 11.8. The number of ether oxygens (including phenoxy) is 1. The molecule has 5 aromatic rings. The molecule has 0 aliphatic rings. The van der Waals surface area contributed by atoms with Gasteiger partial charge < -0.3 is 4.74 Å². The molecule has 0 bridgehead atoms. The predicted molar refractivity (Wildman–Crippen MR) is 159 cm³/mol. The summed E-state index contributed by atoms with van der Waals surface area (Å²) in [6.45, 7) is 1.87. The lowest BCUT2D eigenvalue weighted by atomic mass is 10.0. The zero-order chi connectivity index (χ0) is 28.8. The average molecular weight is 564 g/mol. The van der Waals surface area contributed by atoms with Crippen LogP contribution in [0.15, 0.2) is 125 Å². The van der Waals surface area contributed by atoms with E-state index in [4.69, 9.17) is 4.74 Å². The van der Waals surface area contributed by atoms with Crippen LogP contribution in [-0.2, 0) is 10.0 Å². The van der Waals surface area contributed by atoms with Gasteiger partial charge in [-0.05, 0) is 72.3 Å². The summed E-state index contributed by atoms with van der Waals surface area (Å²) in [5.74, 6) is -0.726. The third-order valence-corrected chi connectivity index (χ3v) is 7.63. The van der Waals surface area contributed by atoms with Crippen molar-refractivity contribution in [2.24, 2.45) is 5.10 Å². The number of sulfonamides is 1. The van der Waals surface area contributed by atoms with Gasteiger partial charge in [0.1, 0.15) is 5.75 Å². The van der Waals surface area contributed by atoms with Gasteiger partial charge in [0.2, 0.25) is 0 Å². The van der Waals surface area contributed by atoms with Gasteiger partial charge in [0.15, 0.2) is 0 Å². The highest BCUT2D eigenvalue weighted by Crippen LogP contribution is 2.27. The molecule has 0 fully saturated rings. The number of hydrogen-bond acceptors (Lipinski definition) is 6. The topological polar surface area (TPSA) is 114 Å². The predicted octanol–water partition coefficient (Wildman–Crippen LogP) is 5.93. The molecule has 2 N–H and O–H groups in total. The molecule has 41 heavy (non-hydrogen) atoms. The number of esters is 1. The van der Waals surface area contributed by atoms with Gasteiger partial charge in [-0.25, -0.2) is 18.6 Å². The number of benzene rings is 5. The molecule has 0 saturated carbocycles. The molecular formula is C32H25N3O5S. The van der Waals surface area contributed by atoms with Gasteiger partial charge in [0.05, 0.1) is 16.7 Å². The van der Waals surface area contributed by atoms with Crippen LogP contribution in [0, 0.1) is 6.92 Å². The number of amides is 1. The zero-order valence-electron chi connectivity index (χ0n) is 21.9. The van der Waals surface area contributed by atoms with Crippen LogP contribution in [-0.4, -0.2) is 26.5 Å². The number of carbonyl (C=O) groups excluding carboxylic acids is 2. The summed E-state index contributed by atoms with van der Waals surface area (Å²) < 4.78 is 33.4. The van der Waals surface area contributed by atoms with Crippen molar-refractivity contribution >= 4 is 44.6 Å². The summed E-state index contributed by atoms with van der Waals surface area (Å²) in [7, 11) is -3.77. The summed E-state index contributed by atoms with van der Waals surface area (Å²) in [6.07, 6.45) is 1.43. The van der Waals surface area contributed by atoms with Gasteiger partial charge >= 0.3 is 5.97 Å². The third-order valence-electron chi connectivity index (χ3n) is 6.23. The second-order valence-electron chi connectivity index (χ2n) is 9.15. The molecule has 0 heterocycles. The highest BCUT2D eigenvalue weighted by Gasteiger charge is 2.15. The maximum Gasteiger partial charge on any atom is 0.343 e. The van der Waals surface area contributed by atoms with Gasteiger partial charge in [0.25, 0.3) is 15.9 Å². The average Bonchev–Trinajstić information content (AvgIpc) is 2.98. The fourth-order valence-corrected chi connectivity index (χ4v) is 5.13. The molecular weight excluding hydrogens is 538 g/mol. The van der Waals surface area contributed by atoms with Crippen molar-refractivity contribution in [3.05, 3.63) is 138 Å². The Bertz CT molecular complexity index is 1850. The Morgan fingerprint density at radius 2 is 1.44 bits per heavy atom. The van der Waals surface area contributed by atoms with Crippen LogP contribution in [0.5, 0.6) is 5.75 Å². The highest BCUT2D eigenvalue weighted by atomic mass is 32.2. The summed E-state index contributed by atoms with van der Waals surface area (Å²) in [5, 5.41) is 5.80. The SMILES string of the molecule is Cc1ccc(S(=O)(=O)Nc2ccc(C(=O)N/N=C/c3c(OC(=O)c4ccccc4)ccc4ccccc34)cc2)cc1. The van der Waals surface area contributed by atoms with E-state index >= 15 is 0 Å². The molecule has 0 aliphatic heterocycles. The molecule has 0 aromatic heterocycles. The van der Waals surface area contributed by atoms with Gasteiger partial charge in [-0.15, -0.1) is 0 Å². The molecule has 0 atom stereocenters. The summed E-state index contributed by atoms with van der Waals surface area (Å²) in [4.78, 5) is 25.6. The monoisotopic (exact) mass is 563 g/mol. The van der Waals surface area contributed by atoms with Crippen molar-refractivity contribution in [1.82, 2.24) is 5.43 Å². The lowest BCUT2D eigenvalue weighted by molar-refractivity contribution is 0.0734. The largest absolute Gasteiger partial charge is 0.422 e. The van der Waals surface area contributed by atoms with E-state index in [1.165, 1.54) is 42.6 Å². The molecule has 5 rings (SSSR count). The minimum absolute atomic E-state index is 0.140. The van der Waals surface area contributed by atoms with Crippen LogP contribution in [0.4, 0.5) is 5.69 Å².